The molecule has 2 aromatic rings. The maximum absolute atomic E-state index is 11.6. The van der Waals surface area contributed by atoms with Gasteiger partial charge in [-0.1, -0.05) is 31.9 Å². The molecule has 0 fully saturated rings. The lowest BCUT2D eigenvalue weighted by Crippen LogP contribution is -2.44. The van der Waals surface area contributed by atoms with Gasteiger partial charge in [0.25, 0.3) is 0 Å². The molecule has 0 aliphatic heterocycles. The van der Waals surface area contributed by atoms with E-state index >= 15 is 0 Å². The molecule has 114 valence electrons. The van der Waals surface area contributed by atoms with Gasteiger partial charge in [-0.2, -0.15) is 0 Å². The number of hydrogen-bond acceptors (Lipinski definition) is 4. The van der Waals surface area contributed by atoms with Gasteiger partial charge in [0.15, 0.2) is 0 Å². The molecule has 2 rings (SSSR count). The van der Waals surface area contributed by atoms with Crippen LogP contribution in [-0.2, 0) is 9.59 Å². The number of rotatable bonds is 4. The monoisotopic (exact) mass is 426 g/mol. The van der Waals surface area contributed by atoms with Crippen LogP contribution in [0.2, 0.25) is 0 Å². The van der Waals surface area contributed by atoms with Crippen LogP contribution in [0.15, 0.2) is 57.5 Å². The van der Waals surface area contributed by atoms with E-state index in [-0.39, 0.29) is 0 Å². The number of hydrogen-bond donors (Lipinski definition) is 4. The zero-order valence-electron chi connectivity index (χ0n) is 11.2. The minimum Gasteiger partial charge on any atom is -0.298 e. The molecule has 22 heavy (non-hydrogen) atoms. The highest BCUT2D eigenvalue weighted by molar-refractivity contribution is 9.10. The van der Waals surface area contributed by atoms with Crippen LogP contribution in [0.5, 0.6) is 0 Å². The van der Waals surface area contributed by atoms with Crippen LogP contribution >= 0.6 is 31.9 Å². The van der Waals surface area contributed by atoms with Crippen molar-refractivity contribution in [3.63, 3.8) is 0 Å². The van der Waals surface area contributed by atoms with E-state index in [1.807, 2.05) is 24.3 Å². The molecule has 0 spiro atoms. The maximum Gasteiger partial charge on any atom is 0.329 e. The Bertz CT molecular complexity index is 600. The topological polar surface area (TPSA) is 82.3 Å². The van der Waals surface area contributed by atoms with Gasteiger partial charge in [-0.05, 0) is 48.5 Å². The molecule has 0 unspecified atom stereocenters. The number of halogens is 2. The lowest BCUT2D eigenvalue weighted by Gasteiger charge is -2.10. The fraction of sp³-hybridized carbons (Fsp3) is 0. The van der Waals surface area contributed by atoms with Crippen LogP contribution in [-0.4, -0.2) is 11.8 Å². The Hall–Kier alpha value is -2.06. The van der Waals surface area contributed by atoms with E-state index in [4.69, 9.17) is 0 Å². The van der Waals surface area contributed by atoms with E-state index < -0.39 is 11.8 Å². The van der Waals surface area contributed by atoms with Crippen LogP contribution in [0.3, 0.4) is 0 Å². The summed E-state index contributed by atoms with van der Waals surface area (Å²) in [6.07, 6.45) is 0. The molecule has 0 saturated carbocycles. The highest BCUT2D eigenvalue weighted by Crippen LogP contribution is 2.14. The zero-order valence-corrected chi connectivity index (χ0v) is 14.4. The summed E-state index contributed by atoms with van der Waals surface area (Å²) in [5.41, 5.74) is 11.2. The van der Waals surface area contributed by atoms with E-state index in [1.54, 1.807) is 24.3 Å². The normalized spacial score (nSPS) is 9.73. The predicted molar refractivity (Wildman–Crippen MR) is 91.8 cm³/mol. The third-order valence-corrected chi connectivity index (χ3v) is 3.59. The molecule has 2 aromatic carbocycles. The first-order chi connectivity index (χ1) is 10.5. The van der Waals surface area contributed by atoms with Crippen molar-refractivity contribution < 1.29 is 9.59 Å². The average Bonchev–Trinajstić information content (AvgIpc) is 2.53. The van der Waals surface area contributed by atoms with Crippen LogP contribution in [0.1, 0.15) is 0 Å². The van der Waals surface area contributed by atoms with Gasteiger partial charge in [0.1, 0.15) is 0 Å². The molecule has 6 nitrogen and oxygen atoms in total. The summed E-state index contributed by atoms with van der Waals surface area (Å²) in [5, 5.41) is 0. The molecule has 0 bridgehead atoms. The van der Waals surface area contributed by atoms with E-state index in [0.29, 0.717) is 11.4 Å². The molecule has 0 atom stereocenters. The molecule has 0 radical (unpaired) electrons. The quantitative estimate of drug-likeness (QED) is 0.446. The molecule has 8 heteroatoms. The van der Waals surface area contributed by atoms with E-state index in [1.165, 1.54) is 0 Å². The smallest absolute Gasteiger partial charge is 0.298 e. The highest BCUT2D eigenvalue weighted by Gasteiger charge is 2.12. The number of nitrogens with one attached hydrogen (secondary N) is 4. The average molecular weight is 428 g/mol. The molecular weight excluding hydrogens is 416 g/mol. The minimum absolute atomic E-state index is 0.658. The summed E-state index contributed by atoms with van der Waals surface area (Å²) in [6, 6.07) is 14.2. The van der Waals surface area contributed by atoms with Gasteiger partial charge in [0.2, 0.25) is 0 Å². The third kappa shape index (κ3) is 5.05. The predicted octanol–water partition coefficient (Wildman–Crippen LogP) is 2.80. The summed E-state index contributed by atoms with van der Waals surface area (Å²) in [5.74, 6) is -1.62. The second-order valence-electron chi connectivity index (χ2n) is 4.17. The summed E-state index contributed by atoms with van der Waals surface area (Å²) < 4.78 is 1.83. The molecule has 0 aliphatic carbocycles. The number of carbonyl (C=O) groups is 2. The van der Waals surface area contributed by atoms with Gasteiger partial charge >= 0.3 is 11.8 Å². The first-order valence-corrected chi connectivity index (χ1v) is 7.76. The van der Waals surface area contributed by atoms with Crippen LogP contribution < -0.4 is 21.7 Å². The molecular formula is C14H12Br2N4O2. The van der Waals surface area contributed by atoms with Gasteiger partial charge < -0.3 is 0 Å². The van der Waals surface area contributed by atoms with Crippen LogP contribution in [0, 0.1) is 0 Å². The van der Waals surface area contributed by atoms with Crippen molar-refractivity contribution >= 4 is 55.0 Å². The summed E-state index contributed by atoms with van der Waals surface area (Å²) in [6.45, 7) is 0. The largest absolute Gasteiger partial charge is 0.329 e. The number of amides is 2. The molecule has 0 saturated heterocycles. The minimum atomic E-state index is -0.812. The van der Waals surface area contributed by atoms with Crippen molar-refractivity contribution in [1.29, 1.82) is 0 Å². The third-order valence-electron chi connectivity index (χ3n) is 2.54. The van der Waals surface area contributed by atoms with Crippen molar-refractivity contribution in [2.75, 3.05) is 10.9 Å². The van der Waals surface area contributed by atoms with Crippen molar-refractivity contribution in [1.82, 2.24) is 10.9 Å². The van der Waals surface area contributed by atoms with Gasteiger partial charge in [0.05, 0.1) is 11.4 Å². The highest BCUT2D eigenvalue weighted by atomic mass is 79.9. The Labute approximate surface area is 143 Å². The first-order valence-electron chi connectivity index (χ1n) is 6.18. The van der Waals surface area contributed by atoms with Gasteiger partial charge in [0, 0.05) is 8.95 Å². The molecule has 0 aliphatic rings. The molecule has 0 heterocycles. The van der Waals surface area contributed by atoms with Crippen LogP contribution in [0.4, 0.5) is 11.4 Å². The number of hydrazine groups is 2. The Kier molecular flexibility index (Phi) is 5.79. The lowest BCUT2D eigenvalue weighted by molar-refractivity contribution is -0.138. The Morgan fingerprint density at radius 1 is 0.636 bits per heavy atom. The lowest BCUT2D eigenvalue weighted by atomic mass is 10.3. The number of carbonyl (C=O) groups excluding carboxylic acids is 2. The standard InChI is InChI=1S/C14H12Br2N4O2/c15-9-1-5-11(6-2-9)17-19-13(21)14(22)20-18-12-7-3-10(16)4-8-12/h1-8,17-18H,(H,19,21)(H,20,22). The second kappa shape index (κ2) is 7.81. The van der Waals surface area contributed by atoms with E-state index in [0.717, 1.165) is 8.95 Å². The van der Waals surface area contributed by atoms with E-state index in [9.17, 15) is 9.59 Å². The van der Waals surface area contributed by atoms with Crippen molar-refractivity contribution in [2.45, 2.75) is 0 Å². The number of anilines is 2. The van der Waals surface area contributed by atoms with Gasteiger partial charge in [-0.25, -0.2) is 0 Å². The fourth-order valence-electron chi connectivity index (χ4n) is 1.44. The Morgan fingerprint density at radius 2 is 0.955 bits per heavy atom. The fourth-order valence-corrected chi connectivity index (χ4v) is 1.97. The molecule has 4 N–H and O–H groups in total. The SMILES string of the molecule is O=C(NNc1ccc(Br)cc1)C(=O)NNc1ccc(Br)cc1. The molecule has 2 amide bonds. The Balaban J connectivity index is 1.78. The van der Waals surface area contributed by atoms with Gasteiger partial charge in [-0.15, -0.1) is 0 Å². The second-order valence-corrected chi connectivity index (χ2v) is 6.00. The van der Waals surface area contributed by atoms with Crippen LogP contribution in [0.25, 0.3) is 0 Å². The summed E-state index contributed by atoms with van der Waals surface area (Å²) >= 11 is 6.61. The maximum atomic E-state index is 11.6. The summed E-state index contributed by atoms with van der Waals surface area (Å²) in [7, 11) is 0. The van der Waals surface area contributed by atoms with Crippen molar-refractivity contribution in [3.8, 4) is 0 Å². The first kappa shape index (κ1) is 16.3. The molecule has 0 aromatic heterocycles. The van der Waals surface area contributed by atoms with Gasteiger partial charge in [-0.3, -0.25) is 31.3 Å². The summed E-state index contributed by atoms with van der Waals surface area (Å²) in [4.78, 5) is 23.2. The number of benzene rings is 2. The van der Waals surface area contributed by atoms with Crippen molar-refractivity contribution in [2.24, 2.45) is 0 Å². The van der Waals surface area contributed by atoms with E-state index in [2.05, 4.69) is 53.6 Å². The Morgan fingerprint density at radius 3 is 1.27 bits per heavy atom. The van der Waals surface area contributed by atoms with Crippen molar-refractivity contribution in [3.05, 3.63) is 57.5 Å². The zero-order chi connectivity index (χ0) is 15.9.